The fourth-order valence-electron chi connectivity index (χ4n) is 2.70. The first kappa shape index (κ1) is 40.2. The van der Waals surface area contributed by atoms with Gasteiger partial charge in [0.25, 0.3) is 0 Å². The molecule has 0 aromatic carbocycles. The number of carbonyl (C=O) groups excluding carboxylic acids is 1. The van der Waals surface area contributed by atoms with Crippen molar-refractivity contribution in [3.05, 3.63) is 11.6 Å². The van der Waals surface area contributed by atoms with Gasteiger partial charge in [-0.15, -0.1) is 0 Å². The van der Waals surface area contributed by atoms with Crippen LogP contribution in [0.2, 0.25) is 0 Å². The van der Waals surface area contributed by atoms with Crippen LogP contribution in [0.15, 0.2) is 11.6 Å². The number of hydrogen-bond donors (Lipinski definition) is 1. The predicted molar refractivity (Wildman–Crippen MR) is 92.2 cm³/mol. The van der Waals surface area contributed by atoms with E-state index >= 15 is 0 Å². The van der Waals surface area contributed by atoms with E-state index in [-0.39, 0.29) is 6.08 Å². The van der Waals surface area contributed by atoms with Crippen molar-refractivity contribution in [3.8, 4) is 0 Å². The second-order valence-electron chi connectivity index (χ2n) is 8.13. The van der Waals surface area contributed by atoms with Gasteiger partial charge in [-0.1, -0.05) is 6.08 Å². The fraction of sp³-hybridized carbons (Fsp3) is 0.778. The lowest BCUT2D eigenvalue weighted by Crippen LogP contribution is -2.76. The minimum absolute atomic E-state index is 0.0908. The van der Waals surface area contributed by atoms with Crippen molar-refractivity contribution >= 4 is 11.9 Å². The molecule has 254 valence electrons. The average Bonchev–Trinajstić information content (AvgIpc) is 2.80. The van der Waals surface area contributed by atoms with Crippen molar-refractivity contribution in [1.82, 2.24) is 0 Å². The Morgan fingerprint density at radius 1 is 0.558 bits per heavy atom. The minimum atomic E-state index is -9.26. The number of methoxy groups -OCH3 is 1. The quantitative estimate of drug-likeness (QED) is 0.116. The summed E-state index contributed by atoms with van der Waals surface area (Å²) >= 11 is 0. The molecule has 0 aliphatic carbocycles. The van der Waals surface area contributed by atoms with Gasteiger partial charge in [-0.3, -0.25) is 4.79 Å². The van der Waals surface area contributed by atoms with Crippen molar-refractivity contribution < 1.29 is 112 Å². The molecule has 0 fully saturated rings. The zero-order valence-corrected chi connectivity index (χ0v) is 19.8. The molecule has 0 aromatic rings. The van der Waals surface area contributed by atoms with E-state index in [1.54, 1.807) is 0 Å². The first-order valence-electron chi connectivity index (χ1n) is 9.97. The van der Waals surface area contributed by atoms with Gasteiger partial charge in [-0.25, -0.2) is 4.79 Å². The number of esters is 1. The molecule has 0 amide bonds. The van der Waals surface area contributed by atoms with Gasteiger partial charge in [0.1, 0.15) is 0 Å². The molecule has 0 aromatic heterocycles. The zero-order valence-electron chi connectivity index (χ0n) is 19.8. The highest BCUT2D eigenvalue weighted by Crippen LogP contribution is 2.66. The molecule has 0 atom stereocenters. The number of rotatable bonds is 14. The molecule has 0 radical (unpaired) electrons. The van der Waals surface area contributed by atoms with Crippen LogP contribution in [0.25, 0.3) is 0 Å². The van der Waals surface area contributed by atoms with Crippen molar-refractivity contribution in [1.29, 1.82) is 0 Å². The highest BCUT2D eigenvalue weighted by molar-refractivity contribution is 5.93. The number of carboxylic acids is 1. The zero-order chi connectivity index (χ0) is 35.3. The van der Waals surface area contributed by atoms with Gasteiger partial charge in [0.15, 0.2) is 0 Å². The third-order valence-corrected chi connectivity index (χ3v) is 5.21. The highest BCUT2D eigenvalue weighted by Gasteiger charge is 2.97. The van der Waals surface area contributed by atoms with Crippen molar-refractivity contribution in [2.75, 3.05) is 7.11 Å². The monoisotopic (exact) mass is 690 g/mol. The second kappa shape index (κ2) is 11.3. The molecule has 0 aliphatic heterocycles. The third-order valence-electron chi connectivity index (χ3n) is 5.21. The van der Waals surface area contributed by atoms with E-state index in [1.165, 1.54) is 0 Å². The van der Waals surface area contributed by atoms with Crippen LogP contribution in [-0.4, -0.2) is 83.6 Å². The first-order valence-corrected chi connectivity index (χ1v) is 9.97. The van der Waals surface area contributed by atoms with Gasteiger partial charge in [0.05, 0.1) is 13.5 Å². The fourth-order valence-corrected chi connectivity index (χ4v) is 2.70. The lowest BCUT2D eigenvalue weighted by molar-refractivity contribution is -0.474. The number of ether oxygens (including phenoxy) is 1. The molecule has 0 spiro atoms. The Morgan fingerprint density at radius 3 is 1.14 bits per heavy atom. The molecule has 0 rings (SSSR count). The Bertz CT molecular complexity index is 1070. The molecule has 43 heavy (non-hydrogen) atoms. The molecule has 0 unspecified atom stereocenters. The molecule has 0 bridgehead atoms. The lowest BCUT2D eigenvalue weighted by atomic mass is 9.85. The number of hydrogen-bond acceptors (Lipinski definition) is 3. The molecule has 0 saturated carbocycles. The molecule has 0 aliphatic rings. The second-order valence-corrected chi connectivity index (χ2v) is 8.13. The molecule has 25 heteroatoms. The number of allylic oxidation sites excluding steroid dienone is 1. The van der Waals surface area contributed by atoms with Crippen LogP contribution in [0.4, 0.5) is 92.2 Å². The summed E-state index contributed by atoms with van der Waals surface area (Å²) < 4.78 is 284. The number of aliphatic carboxylic acids is 1. The smallest absolute Gasteiger partial charge is 0.460 e. The van der Waals surface area contributed by atoms with Crippen molar-refractivity contribution in [2.45, 2.75) is 78.7 Å². The SMILES string of the molecule is COC(=O)C(=CCCC(F)(F)C(F)(F)C(F)(F)C(F)(F)C(F)(F)C(F)(F)C(F)(F)C(F)(F)C(F)(F)C(F)(F)F)CC(=O)O. The van der Waals surface area contributed by atoms with Crippen LogP contribution < -0.4 is 0 Å². The van der Waals surface area contributed by atoms with Gasteiger partial charge in [-0.05, 0) is 6.42 Å². The van der Waals surface area contributed by atoms with E-state index in [2.05, 4.69) is 4.74 Å². The molecule has 1 N–H and O–H groups in total. The number of halogens is 21. The first-order chi connectivity index (χ1) is 18.5. The van der Waals surface area contributed by atoms with Gasteiger partial charge in [0.2, 0.25) is 0 Å². The Morgan fingerprint density at radius 2 is 0.860 bits per heavy atom. The number of alkyl halides is 21. The standard InChI is InChI=1S/C18H11F21O4/c1-43-8(42)6(5-7(40)41)3-2-4-9(19,20)10(21,22)11(23,24)12(25,26)13(27,28)14(29,30)15(31,32)16(33,34)17(35,36)18(37,38)39/h3H,2,4-5H2,1H3,(H,40,41). The van der Waals surface area contributed by atoms with Crippen molar-refractivity contribution in [2.24, 2.45) is 0 Å². The summed E-state index contributed by atoms with van der Waals surface area (Å²) in [5.41, 5.74) is -1.21. The van der Waals surface area contributed by atoms with Crippen LogP contribution in [0.1, 0.15) is 19.3 Å². The van der Waals surface area contributed by atoms with Gasteiger partial charge in [0, 0.05) is 12.0 Å². The maximum Gasteiger partial charge on any atom is 0.460 e. The van der Waals surface area contributed by atoms with Crippen LogP contribution >= 0.6 is 0 Å². The largest absolute Gasteiger partial charge is 0.481 e. The van der Waals surface area contributed by atoms with E-state index in [9.17, 15) is 102 Å². The Hall–Kier alpha value is -2.79. The summed E-state index contributed by atoms with van der Waals surface area (Å²) in [7, 11) is 0.517. The molecular formula is C18H11F21O4. The predicted octanol–water partition coefficient (Wildman–Crippen LogP) is 7.62. The van der Waals surface area contributed by atoms with Crippen LogP contribution in [-0.2, 0) is 14.3 Å². The van der Waals surface area contributed by atoms with E-state index in [1.807, 2.05) is 0 Å². The summed E-state index contributed by atoms with van der Waals surface area (Å²) in [4.78, 5) is 21.9. The number of carbonyl (C=O) groups is 2. The lowest BCUT2D eigenvalue weighted by Gasteiger charge is -2.44. The normalized spacial score (nSPS) is 15.9. The van der Waals surface area contributed by atoms with Gasteiger partial charge in [-0.2, -0.15) is 92.2 Å². The summed E-state index contributed by atoms with van der Waals surface area (Å²) in [6.07, 6.45) is -14.5. The molecular weight excluding hydrogens is 679 g/mol. The molecule has 4 nitrogen and oxygen atoms in total. The van der Waals surface area contributed by atoms with Crippen LogP contribution in [0.3, 0.4) is 0 Å². The van der Waals surface area contributed by atoms with Crippen LogP contribution in [0, 0.1) is 0 Å². The van der Waals surface area contributed by atoms with E-state index in [4.69, 9.17) is 5.11 Å². The Kier molecular flexibility index (Phi) is 10.6. The maximum absolute atomic E-state index is 13.9. The summed E-state index contributed by atoms with van der Waals surface area (Å²) in [5, 5.41) is 8.52. The van der Waals surface area contributed by atoms with E-state index in [0.29, 0.717) is 7.11 Å². The van der Waals surface area contributed by atoms with Gasteiger partial charge < -0.3 is 9.84 Å². The number of carboxylic acid groups (broad SMARTS) is 1. The van der Waals surface area contributed by atoms with Crippen LogP contribution in [0.5, 0.6) is 0 Å². The Balaban J connectivity index is 6.84. The summed E-state index contributed by atoms with van der Waals surface area (Å²) in [6.45, 7) is 0. The highest BCUT2D eigenvalue weighted by atomic mass is 19.4. The molecule has 0 saturated heterocycles. The average molecular weight is 690 g/mol. The third kappa shape index (κ3) is 5.99. The summed E-state index contributed by atoms with van der Waals surface area (Å²) in [6, 6.07) is 0. The Labute approximate surface area is 222 Å². The maximum atomic E-state index is 13.9. The topological polar surface area (TPSA) is 63.6 Å². The van der Waals surface area contributed by atoms with Crippen molar-refractivity contribution in [3.63, 3.8) is 0 Å². The van der Waals surface area contributed by atoms with Gasteiger partial charge >= 0.3 is 71.4 Å². The minimum Gasteiger partial charge on any atom is -0.481 e. The summed E-state index contributed by atoms with van der Waals surface area (Å²) in [5.74, 6) is -81.5. The molecule has 0 heterocycles. The van der Waals surface area contributed by atoms with E-state index < -0.39 is 96.3 Å². The van der Waals surface area contributed by atoms with E-state index in [0.717, 1.165) is 0 Å².